The van der Waals surface area contributed by atoms with Crippen molar-refractivity contribution in [3.63, 3.8) is 0 Å². The lowest BCUT2D eigenvalue weighted by Gasteiger charge is -2.25. The van der Waals surface area contributed by atoms with E-state index < -0.39 is 12.0 Å². The van der Waals surface area contributed by atoms with E-state index >= 15 is 0 Å². The molecule has 6 nitrogen and oxygen atoms in total. The monoisotopic (exact) mass is 526 g/mol. The van der Waals surface area contributed by atoms with Gasteiger partial charge >= 0.3 is 5.97 Å². The molecule has 2 aromatic carbocycles. The van der Waals surface area contributed by atoms with Crippen molar-refractivity contribution in [3.8, 4) is 18.1 Å². The Bertz CT molecular complexity index is 1560. The van der Waals surface area contributed by atoms with Crippen LogP contribution in [-0.2, 0) is 9.53 Å². The van der Waals surface area contributed by atoms with Crippen molar-refractivity contribution >= 4 is 46.6 Å². The minimum Gasteiger partial charge on any atom is -0.480 e. The summed E-state index contributed by atoms with van der Waals surface area (Å²) in [4.78, 5) is 31.7. The van der Waals surface area contributed by atoms with E-state index in [-0.39, 0.29) is 24.3 Å². The van der Waals surface area contributed by atoms with E-state index in [2.05, 4.69) is 10.9 Å². The Morgan fingerprint density at radius 2 is 2.06 bits per heavy atom. The predicted octanol–water partition coefficient (Wildman–Crippen LogP) is 4.12. The normalized spacial score (nSPS) is 15.3. The summed E-state index contributed by atoms with van der Waals surface area (Å²) < 4.78 is 12.8. The molecule has 1 aliphatic heterocycles. The van der Waals surface area contributed by atoms with Crippen molar-refractivity contribution in [2.24, 2.45) is 4.99 Å². The number of terminal acetylenes is 1. The minimum atomic E-state index is -0.794. The average molecular weight is 527 g/mol. The Morgan fingerprint density at radius 3 is 2.77 bits per heavy atom. The van der Waals surface area contributed by atoms with Crippen LogP contribution in [-0.4, -0.2) is 23.8 Å². The van der Waals surface area contributed by atoms with Crippen LogP contribution in [0.1, 0.15) is 31.0 Å². The number of allylic oxidation sites excluding steroid dienone is 1. The van der Waals surface area contributed by atoms with Crippen molar-refractivity contribution in [2.75, 3.05) is 13.2 Å². The Morgan fingerprint density at radius 1 is 1.29 bits per heavy atom. The van der Waals surface area contributed by atoms with Crippen LogP contribution in [0.25, 0.3) is 6.08 Å². The van der Waals surface area contributed by atoms with Crippen molar-refractivity contribution in [1.82, 2.24) is 4.57 Å². The van der Waals surface area contributed by atoms with E-state index in [1.165, 1.54) is 15.9 Å². The number of thiazole rings is 1. The lowest BCUT2D eigenvalue weighted by molar-refractivity contribution is -0.139. The molecule has 0 bridgehead atoms. The smallest absolute Gasteiger partial charge is 0.338 e. The molecule has 0 saturated heterocycles. The van der Waals surface area contributed by atoms with E-state index in [9.17, 15) is 9.59 Å². The first kappa shape index (κ1) is 24.8. The van der Waals surface area contributed by atoms with Gasteiger partial charge in [-0.1, -0.05) is 58.7 Å². The summed E-state index contributed by atoms with van der Waals surface area (Å²) >= 11 is 13.9. The zero-order chi connectivity index (χ0) is 25.1. The molecule has 0 N–H and O–H groups in total. The number of carbonyl (C=O) groups excluding carboxylic acids is 1. The van der Waals surface area contributed by atoms with Crippen LogP contribution in [0.15, 0.2) is 63.5 Å². The second-order valence-corrected chi connectivity index (χ2v) is 9.35. The molecule has 35 heavy (non-hydrogen) atoms. The lowest BCUT2D eigenvalue weighted by atomic mass is 9.96. The van der Waals surface area contributed by atoms with E-state index in [4.69, 9.17) is 39.1 Å². The molecule has 0 aliphatic carbocycles. The number of hydrogen-bond donors (Lipinski definition) is 0. The van der Waals surface area contributed by atoms with Gasteiger partial charge in [-0.05, 0) is 49.8 Å². The first-order chi connectivity index (χ1) is 16.8. The second-order valence-electron chi connectivity index (χ2n) is 7.50. The second kappa shape index (κ2) is 10.5. The van der Waals surface area contributed by atoms with Gasteiger partial charge in [0.15, 0.2) is 4.80 Å². The maximum Gasteiger partial charge on any atom is 0.338 e. The number of ether oxygens (including phenoxy) is 2. The Labute approximate surface area is 215 Å². The number of benzene rings is 2. The zero-order valence-corrected chi connectivity index (χ0v) is 21.2. The highest BCUT2D eigenvalue weighted by atomic mass is 35.5. The van der Waals surface area contributed by atoms with E-state index in [0.717, 1.165) is 0 Å². The molecule has 4 rings (SSSR count). The van der Waals surface area contributed by atoms with Crippen molar-refractivity contribution in [2.45, 2.75) is 19.9 Å². The quantitative estimate of drug-likeness (QED) is 0.358. The van der Waals surface area contributed by atoms with Gasteiger partial charge in [0, 0.05) is 15.6 Å². The molecule has 1 aromatic heterocycles. The summed E-state index contributed by atoms with van der Waals surface area (Å²) in [5.74, 6) is 2.37. The molecule has 0 amide bonds. The van der Waals surface area contributed by atoms with Crippen molar-refractivity contribution in [3.05, 3.63) is 94.6 Å². The van der Waals surface area contributed by atoms with E-state index in [1.807, 2.05) is 0 Å². The zero-order valence-electron chi connectivity index (χ0n) is 18.9. The molecule has 2 heterocycles. The van der Waals surface area contributed by atoms with Gasteiger partial charge in [-0.3, -0.25) is 9.36 Å². The number of rotatable bonds is 6. The first-order valence-electron chi connectivity index (χ1n) is 10.7. The van der Waals surface area contributed by atoms with Gasteiger partial charge in [0.25, 0.3) is 5.56 Å². The number of aromatic nitrogens is 1. The third-order valence-electron chi connectivity index (χ3n) is 5.29. The topological polar surface area (TPSA) is 69.9 Å². The molecule has 9 heteroatoms. The van der Waals surface area contributed by atoms with E-state index in [0.29, 0.717) is 42.0 Å². The van der Waals surface area contributed by atoms with Crippen LogP contribution < -0.4 is 19.6 Å². The Balaban J connectivity index is 1.97. The van der Waals surface area contributed by atoms with Gasteiger partial charge in [0.05, 0.1) is 22.4 Å². The van der Waals surface area contributed by atoms with Crippen LogP contribution in [0.2, 0.25) is 10.0 Å². The third kappa shape index (κ3) is 4.92. The lowest BCUT2D eigenvalue weighted by Crippen LogP contribution is -2.40. The van der Waals surface area contributed by atoms with E-state index in [1.54, 1.807) is 62.4 Å². The summed E-state index contributed by atoms with van der Waals surface area (Å²) in [6.45, 7) is 3.69. The standard InChI is InChI=1S/C26H20Cl2N2O4S/c1-4-12-34-20-11-10-17(27)13-16(20)14-21-24(31)30-23(18-8-6-7-9-19(18)28)22(25(32)33-5-2)15(3)29-26(30)35-21/h1,6-11,13-14,23H,5,12H2,2-3H3/b21-14-/t23-/m0/s1. The largest absolute Gasteiger partial charge is 0.480 e. The third-order valence-corrected chi connectivity index (χ3v) is 6.85. The molecule has 0 saturated carbocycles. The predicted molar refractivity (Wildman–Crippen MR) is 138 cm³/mol. The molecule has 0 spiro atoms. The Kier molecular flexibility index (Phi) is 7.46. The highest BCUT2D eigenvalue weighted by molar-refractivity contribution is 7.07. The Hall–Kier alpha value is -3.31. The summed E-state index contributed by atoms with van der Waals surface area (Å²) in [7, 11) is 0. The summed E-state index contributed by atoms with van der Waals surface area (Å²) in [6, 6.07) is 11.3. The summed E-state index contributed by atoms with van der Waals surface area (Å²) in [5, 5.41) is 0.898. The van der Waals surface area contributed by atoms with Crippen LogP contribution in [0, 0.1) is 12.3 Å². The number of esters is 1. The number of fused-ring (bicyclic) bond motifs is 1. The molecule has 0 fully saturated rings. The fraction of sp³-hybridized carbons (Fsp3) is 0.192. The van der Waals surface area contributed by atoms with Gasteiger partial charge in [-0.15, -0.1) is 6.42 Å². The molecule has 178 valence electrons. The van der Waals surface area contributed by atoms with Crippen LogP contribution in [0.5, 0.6) is 5.75 Å². The molecule has 0 unspecified atom stereocenters. The molecule has 1 atom stereocenters. The highest BCUT2D eigenvalue weighted by Crippen LogP contribution is 2.34. The van der Waals surface area contributed by atoms with Gasteiger partial charge in [0.2, 0.25) is 0 Å². The fourth-order valence-corrected chi connectivity index (χ4v) is 5.26. The molecule has 1 aliphatic rings. The number of nitrogens with zero attached hydrogens (tertiary/aromatic N) is 2. The summed E-state index contributed by atoms with van der Waals surface area (Å²) in [6.07, 6.45) is 7.00. The SMILES string of the molecule is C#CCOc1ccc(Cl)cc1/C=c1\sc2n(c1=O)[C@@H](c1ccccc1Cl)C(C(=O)OCC)=C(C)N=2. The van der Waals surface area contributed by atoms with Crippen LogP contribution >= 0.6 is 34.5 Å². The molecular weight excluding hydrogens is 507 g/mol. The molecule has 3 aromatic rings. The van der Waals surface area contributed by atoms with Gasteiger partial charge in [0.1, 0.15) is 18.4 Å². The average Bonchev–Trinajstić information content (AvgIpc) is 3.12. The molecular formula is C26H20Cl2N2O4S. The number of halogens is 2. The fourth-order valence-electron chi connectivity index (χ4n) is 3.81. The molecule has 0 radical (unpaired) electrons. The first-order valence-corrected chi connectivity index (χ1v) is 12.2. The summed E-state index contributed by atoms with van der Waals surface area (Å²) in [5.41, 5.74) is 1.58. The van der Waals surface area contributed by atoms with Gasteiger partial charge in [-0.2, -0.15) is 0 Å². The van der Waals surface area contributed by atoms with Gasteiger partial charge in [-0.25, -0.2) is 9.79 Å². The van der Waals surface area contributed by atoms with Crippen LogP contribution in [0.4, 0.5) is 0 Å². The van der Waals surface area contributed by atoms with Crippen molar-refractivity contribution in [1.29, 1.82) is 0 Å². The van der Waals surface area contributed by atoms with Crippen LogP contribution in [0.3, 0.4) is 0 Å². The maximum atomic E-state index is 13.7. The van der Waals surface area contributed by atoms with Gasteiger partial charge < -0.3 is 9.47 Å². The van der Waals surface area contributed by atoms with Crippen molar-refractivity contribution < 1.29 is 14.3 Å². The highest BCUT2D eigenvalue weighted by Gasteiger charge is 2.34. The maximum absolute atomic E-state index is 13.7. The number of hydrogen-bond acceptors (Lipinski definition) is 6. The minimum absolute atomic E-state index is 0.0678. The number of carbonyl (C=O) groups is 1.